The van der Waals surface area contributed by atoms with Crippen LogP contribution < -0.4 is 4.74 Å². The summed E-state index contributed by atoms with van der Waals surface area (Å²) in [5, 5.41) is 0. The Morgan fingerprint density at radius 3 is 2.68 bits per heavy atom. The molecular formula is C18H21NO3. The van der Waals surface area contributed by atoms with Gasteiger partial charge in [0, 0.05) is 18.7 Å². The molecule has 1 aliphatic rings. The summed E-state index contributed by atoms with van der Waals surface area (Å²) in [6, 6.07) is 11.4. The number of hydrogen-bond donors (Lipinski definition) is 0. The van der Waals surface area contributed by atoms with E-state index in [1.807, 2.05) is 41.3 Å². The minimum absolute atomic E-state index is 0.0245. The Morgan fingerprint density at radius 1 is 1.23 bits per heavy atom. The second-order valence-corrected chi connectivity index (χ2v) is 5.85. The van der Waals surface area contributed by atoms with Crippen LogP contribution in [0.15, 0.2) is 47.1 Å². The molecular weight excluding hydrogens is 278 g/mol. The van der Waals surface area contributed by atoms with Gasteiger partial charge in [0.15, 0.2) is 5.76 Å². The molecule has 0 spiro atoms. The van der Waals surface area contributed by atoms with Crippen molar-refractivity contribution in [3.05, 3.63) is 54.0 Å². The first-order valence-electron chi connectivity index (χ1n) is 7.77. The standard InChI is InChI=1S/C18H21NO3/c1-14-7-10-19(11-8-14)18(20)17-15(9-12-21-17)13-22-16-5-3-2-4-6-16/h2-6,9,12,14H,7-8,10-11,13H2,1H3. The predicted molar refractivity (Wildman–Crippen MR) is 83.8 cm³/mol. The van der Waals surface area contributed by atoms with Crippen molar-refractivity contribution in [1.82, 2.24) is 4.90 Å². The van der Waals surface area contributed by atoms with Gasteiger partial charge < -0.3 is 14.1 Å². The number of likely N-dealkylation sites (tertiary alicyclic amines) is 1. The van der Waals surface area contributed by atoms with Gasteiger partial charge >= 0.3 is 0 Å². The van der Waals surface area contributed by atoms with E-state index >= 15 is 0 Å². The number of carbonyl (C=O) groups excluding carboxylic acids is 1. The molecule has 4 heteroatoms. The molecule has 4 nitrogen and oxygen atoms in total. The van der Waals surface area contributed by atoms with E-state index in [2.05, 4.69) is 6.92 Å². The SMILES string of the molecule is CC1CCN(C(=O)c2occc2COc2ccccc2)CC1. The number of amides is 1. The van der Waals surface area contributed by atoms with Crippen molar-refractivity contribution in [3.8, 4) is 5.75 Å². The molecule has 0 radical (unpaired) electrons. The Morgan fingerprint density at radius 2 is 1.95 bits per heavy atom. The largest absolute Gasteiger partial charge is 0.489 e. The molecule has 3 rings (SSSR count). The maximum Gasteiger partial charge on any atom is 0.289 e. The number of ether oxygens (including phenoxy) is 1. The summed E-state index contributed by atoms with van der Waals surface area (Å²) < 4.78 is 11.1. The summed E-state index contributed by atoms with van der Waals surface area (Å²) in [6.45, 7) is 4.18. The molecule has 1 aromatic heterocycles. The highest BCUT2D eigenvalue weighted by Gasteiger charge is 2.25. The van der Waals surface area contributed by atoms with E-state index in [1.165, 1.54) is 0 Å². The lowest BCUT2D eigenvalue weighted by molar-refractivity contribution is 0.0661. The van der Waals surface area contributed by atoms with Gasteiger partial charge in [0.05, 0.1) is 6.26 Å². The van der Waals surface area contributed by atoms with E-state index in [4.69, 9.17) is 9.15 Å². The molecule has 2 heterocycles. The molecule has 1 aromatic carbocycles. The quantitative estimate of drug-likeness (QED) is 0.864. The number of piperidine rings is 1. The van der Waals surface area contributed by atoms with Gasteiger partial charge in [0.2, 0.25) is 0 Å². The summed E-state index contributed by atoms with van der Waals surface area (Å²) in [5.41, 5.74) is 0.799. The van der Waals surface area contributed by atoms with Gasteiger partial charge in [-0.05, 0) is 37.0 Å². The van der Waals surface area contributed by atoms with Crippen LogP contribution in [0.2, 0.25) is 0 Å². The van der Waals surface area contributed by atoms with Crippen LogP contribution in [0.1, 0.15) is 35.9 Å². The van der Waals surface area contributed by atoms with Gasteiger partial charge in [-0.25, -0.2) is 0 Å². The summed E-state index contributed by atoms with van der Waals surface area (Å²) in [7, 11) is 0. The zero-order valence-corrected chi connectivity index (χ0v) is 12.8. The summed E-state index contributed by atoms with van der Waals surface area (Å²) in [6.07, 6.45) is 3.67. The van der Waals surface area contributed by atoms with Gasteiger partial charge in [0.1, 0.15) is 12.4 Å². The Bertz CT molecular complexity index is 612. The third kappa shape index (κ3) is 3.32. The third-order valence-corrected chi connectivity index (χ3v) is 4.15. The lowest BCUT2D eigenvalue weighted by Gasteiger charge is -2.29. The fourth-order valence-corrected chi connectivity index (χ4v) is 2.67. The van der Waals surface area contributed by atoms with Crippen LogP contribution in [0.4, 0.5) is 0 Å². The van der Waals surface area contributed by atoms with Crippen LogP contribution in [-0.2, 0) is 6.61 Å². The van der Waals surface area contributed by atoms with Gasteiger partial charge in [0.25, 0.3) is 5.91 Å². The highest BCUT2D eigenvalue weighted by molar-refractivity contribution is 5.93. The van der Waals surface area contributed by atoms with Crippen LogP contribution in [0.3, 0.4) is 0 Å². The van der Waals surface area contributed by atoms with Crippen LogP contribution >= 0.6 is 0 Å². The van der Waals surface area contributed by atoms with Gasteiger partial charge in [-0.1, -0.05) is 25.1 Å². The number of benzene rings is 1. The van der Waals surface area contributed by atoms with E-state index in [9.17, 15) is 4.79 Å². The smallest absolute Gasteiger partial charge is 0.289 e. The summed E-state index contributed by atoms with van der Waals surface area (Å²) in [5.74, 6) is 1.87. The van der Waals surface area contributed by atoms with E-state index in [-0.39, 0.29) is 5.91 Å². The average molecular weight is 299 g/mol. The first kappa shape index (κ1) is 14.7. The predicted octanol–water partition coefficient (Wildman–Crippen LogP) is 3.73. The molecule has 2 aromatic rings. The number of para-hydroxylation sites is 1. The number of carbonyl (C=O) groups is 1. The summed E-state index contributed by atoms with van der Waals surface area (Å²) >= 11 is 0. The van der Waals surface area contributed by atoms with Crippen molar-refractivity contribution < 1.29 is 13.9 Å². The first-order valence-corrected chi connectivity index (χ1v) is 7.77. The monoisotopic (exact) mass is 299 g/mol. The molecule has 1 amide bonds. The second-order valence-electron chi connectivity index (χ2n) is 5.85. The molecule has 22 heavy (non-hydrogen) atoms. The Kier molecular flexibility index (Phi) is 4.47. The molecule has 0 unspecified atom stereocenters. The van der Waals surface area contributed by atoms with Gasteiger partial charge in [-0.2, -0.15) is 0 Å². The van der Waals surface area contributed by atoms with Crippen molar-refractivity contribution in [2.75, 3.05) is 13.1 Å². The van der Waals surface area contributed by atoms with E-state index in [0.29, 0.717) is 18.3 Å². The Balaban J connectivity index is 1.65. The molecule has 116 valence electrons. The van der Waals surface area contributed by atoms with Crippen molar-refractivity contribution in [2.24, 2.45) is 5.92 Å². The van der Waals surface area contributed by atoms with E-state index in [1.54, 1.807) is 6.26 Å². The summed E-state index contributed by atoms with van der Waals surface area (Å²) in [4.78, 5) is 14.5. The molecule has 1 fully saturated rings. The van der Waals surface area contributed by atoms with Crippen molar-refractivity contribution in [2.45, 2.75) is 26.4 Å². The second kappa shape index (κ2) is 6.69. The molecule has 0 N–H and O–H groups in total. The highest BCUT2D eigenvalue weighted by Crippen LogP contribution is 2.21. The number of nitrogens with zero attached hydrogens (tertiary/aromatic N) is 1. The zero-order chi connectivity index (χ0) is 15.4. The molecule has 1 aliphatic heterocycles. The maximum absolute atomic E-state index is 12.6. The molecule has 0 atom stereocenters. The molecule has 0 bridgehead atoms. The van der Waals surface area contributed by atoms with Crippen molar-refractivity contribution in [3.63, 3.8) is 0 Å². The minimum Gasteiger partial charge on any atom is -0.489 e. The molecule has 0 saturated carbocycles. The normalized spacial score (nSPS) is 15.8. The fourth-order valence-electron chi connectivity index (χ4n) is 2.67. The van der Waals surface area contributed by atoms with Crippen LogP contribution in [0.5, 0.6) is 5.75 Å². The lowest BCUT2D eigenvalue weighted by atomic mass is 9.99. The van der Waals surface area contributed by atoms with Gasteiger partial charge in [-0.3, -0.25) is 4.79 Å². The van der Waals surface area contributed by atoms with Crippen molar-refractivity contribution in [1.29, 1.82) is 0 Å². The zero-order valence-electron chi connectivity index (χ0n) is 12.8. The first-order chi connectivity index (χ1) is 10.7. The van der Waals surface area contributed by atoms with Crippen molar-refractivity contribution >= 4 is 5.91 Å². The topological polar surface area (TPSA) is 42.7 Å². The van der Waals surface area contributed by atoms with E-state index < -0.39 is 0 Å². The number of hydrogen-bond acceptors (Lipinski definition) is 3. The third-order valence-electron chi connectivity index (χ3n) is 4.15. The maximum atomic E-state index is 12.6. The average Bonchev–Trinajstić information content (AvgIpc) is 3.02. The Labute approximate surface area is 130 Å². The highest BCUT2D eigenvalue weighted by atomic mass is 16.5. The number of furan rings is 1. The Hall–Kier alpha value is -2.23. The van der Waals surface area contributed by atoms with Gasteiger partial charge in [-0.15, -0.1) is 0 Å². The molecule has 0 aliphatic carbocycles. The fraction of sp³-hybridized carbons (Fsp3) is 0.389. The van der Waals surface area contributed by atoms with Crippen LogP contribution in [0, 0.1) is 5.92 Å². The lowest BCUT2D eigenvalue weighted by Crippen LogP contribution is -2.38. The van der Waals surface area contributed by atoms with Crippen LogP contribution in [0.25, 0.3) is 0 Å². The minimum atomic E-state index is -0.0245. The van der Waals surface area contributed by atoms with Crippen LogP contribution in [-0.4, -0.2) is 23.9 Å². The van der Waals surface area contributed by atoms with E-state index in [0.717, 1.165) is 37.2 Å². The molecule has 1 saturated heterocycles. The number of rotatable bonds is 4.